The summed E-state index contributed by atoms with van der Waals surface area (Å²) in [6.45, 7) is 10.4. The van der Waals surface area contributed by atoms with Gasteiger partial charge in [0.1, 0.15) is 28.3 Å². The minimum Gasteiger partial charge on any atom is -0.494 e. The second-order valence-corrected chi connectivity index (χ2v) is 13.6. The summed E-state index contributed by atoms with van der Waals surface area (Å²) >= 11 is 0. The number of allylic oxidation sites excluding steroid dienone is 1. The van der Waals surface area contributed by atoms with Crippen molar-refractivity contribution in [2.75, 3.05) is 24.7 Å². The van der Waals surface area contributed by atoms with Crippen LogP contribution in [0.5, 0.6) is 11.5 Å². The number of ether oxygens (including phenoxy) is 2. The fourth-order valence-electron chi connectivity index (χ4n) is 4.12. The van der Waals surface area contributed by atoms with Crippen LogP contribution in [0.1, 0.15) is 51.6 Å². The number of sulfonamides is 1. The van der Waals surface area contributed by atoms with Gasteiger partial charge in [-0.2, -0.15) is 0 Å². The van der Waals surface area contributed by atoms with E-state index in [1.165, 1.54) is 25.7 Å². The number of rotatable bonds is 10. The van der Waals surface area contributed by atoms with Gasteiger partial charge in [-0.1, -0.05) is 18.6 Å². The van der Waals surface area contributed by atoms with E-state index in [4.69, 9.17) is 9.47 Å². The van der Waals surface area contributed by atoms with Gasteiger partial charge < -0.3 is 9.47 Å². The van der Waals surface area contributed by atoms with Gasteiger partial charge in [0.25, 0.3) is 0 Å². The Morgan fingerprint density at radius 3 is 2.34 bits per heavy atom. The van der Waals surface area contributed by atoms with Crippen LogP contribution in [0.2, 0.25) is 0 Å². The minimum absolute atomic E-state index is 0.00550. The highest BCUT2D eigenvalue weighted by Gasteiger charge is 2.39. The van der Waals surface area contributed by atoms with Crippen LogP contribution in [0, 0.1) is 5.92 Å². The van der Waals surface area contributed by atoms with E-state index in [0.717, 1.165) is 5.57 Å². The molecule has 1 saturated heterocycles. The molecule has 1 aromatic carbocycles. The van der Waals surface area contributed by atoms with Crippen molar-refractivity contribution in [2.24, 2.45) is 15.9 Å². The topological polar surface area (TPSA) is 154 Å². The summed E-state index contributed by atoms with van der Waals surface area (Å²) in [6.07, 6.45) is 2.38. The molecule has 0 radical (unpaired) electrons. The first-order chi connectivity index (χ1) is 17.9. The van der Waals surface area contributed by atoms with Crippen molar-refractivity contribution >= 4 is 38.4 Å². The number of benzene rings is 1. The number of aromatic nitrogens is 3. The molecule has 2 heterocycles. The normalized spacial score (nSPS) is 18.9. The Bertz CT molecular complexity index is 1440. The number of anilines is 1. The largest absolute Gasteiger partial charge is 0.494 e. The lowest BCUT2D eigenvalue weighted by Gasteiger charge is -2.22. The molecule has 0 spiro atoms. The Hall–Kier alpha value is -3.26. The van der Waals surface area contributed by atoms with Gasteiger partial charge in [0.15, 0.2) is 15.7 Å². The summed E-state index contributed by atoms with van der Waals surface area (Å²) in [6, 6.07) is 4.99. The van der Waals surface area contributed by atoms with E-state index in [9.17, 15) is 16.8 Å². The zero-order valence-corrected chi connectivity index (χ0v) is 24.0. The summed E-state index contributed by atoms with van der Waals surface area (Å²) in [5.74, 6) is 0.137. The summed E-state index contributed by atoms with van der Waals surface area (Å²) in [5.41, 5.74) is 1.19. The van der Waals surface area contributed by atoms with Crippen LogP contribution in [0.15, 0.2) is 40.0 Å². The lowest BCUT2D eigenvalue weighted by Crippen LogP contribution is -2.35. The summed E-state index contributed by atoms with van der Waals surface area (Å²) in [7, 11) is -4.74. The first kappa shape index (κ1) is 29.3. The number of hydrogen-bond donors (Lipinski definition) is 1. The number of para-hydroxylation sites is 1. The second kappa shape index (κ2) is 11.6. The number of nitrogens with one attached hydrogen (secondary N) is 1. The van der Waals surface area contributed by atoms with Crippen molar-refractivity contribution in [2.45, 2.75) is 51.0 Å². The summed E-state index contributed by atoms with van der Waals surface area (Å²) in [5, 5.41) is 6.24. The van der Waals surface area contributed by atoms with Gasteiger partial charge in [-0.05, 0) is 52.5 Å². The van der Waals surface area contributed by atoms with Crippen LogP contribution >= 0.6 is 0 Å². The highest BCUT2D eigenvalue weighted by Crippen LogP contribution is 2.41. The van der Waals surface area contributed by atoms with Crippen LogP contribution in [0.25, 0.3) is 5.69 Å². The molecule has 0 saturated carbocycles. The first-order valence-electron chi connectivity index (χ1n) is 12.0. The highest BCUT2D eigenvalue weighted by molar-refractivity contribution is 7.93. The molecule has 1 fully saturated rings. The standard InChI is InChI=1S/C24H34N6O6S2/c1-15(2)14-26-22(25-5)16(3)17(4)38(33,34)29-24-28-27-23(20-12-9-13-37(20,31)32)30(24)21-18(35-6)10-8-11-19(21)36-7/h8,10-11,14,16-17,20H,5,9,12-13H2,1-4,6-7H3,(H,28,29)/t16-,17-,20+/m0/s1. The zero-order valence-electron chi connectivity index (χ0n) is 22.4. The maximum absolute atomic E-state index is 13.5. The molecule has 3 rings (SSSR count). The minimum atomic E-state index is -4.11. The van der Waals surface area contributed by atoms with Crippen molar-refractivity contribution in [1.29, 1.82) is 0 Å². The lowest BCUT2D eigenvalue weighted by molar-refractivity contribution is 0.390. The molecule has 1 aromatic heterocycles. The third-order valence-electron chi connectivity index (χ3n) is 6.38. The van der Waals surface area contributed by atoms with Crippen molar-refractivity contribution in [3.8, 4) is 17.2 Å². The van der Waals surface area contributed by atoms with Crippen LogP contribution in [-0.2, 0) is 19.9 Å². The van der Waals surface area contributed by atoms with Crippen molar-refractivity contribution in [3.63, 3.8) is 0 Å². The van der Waals surface area contributed by atoms with Gasteiger partial charge in [-0.3, -0.25) is 9.29 Å². The fourth-order valence-corrected chi connectivity index (χ4v) is 7.21. The number of methoxy groups -OCH3 is 2. The maximum Gasteiger partial charge on any atom is 0.243 e. The van der Waals surface area contributed by atoms with Gasteiger partial charge >= 0.3 is 0 Å². The fraction of sp³-hybridized carbons (Fsp3) is 0.500. The Labute approximate surface area is 223 Å². The Morgan fingerprint density at radius 1 is 1.21 bits per heavy atom. The molecule has 12 nitrogen and oxygen atoms in total. The van der Waals surface area contributed by atoms with Crippen LogP contribution in [-0.4, -0.2) is 69.4 Å². The predicted molar refractivity (Wildman–Crippen MR) is 148 cm³/mol. The average molecular weight is 567 g/mol. The number of nitrogens with zero attached hydrogens (tertiary/aromatic N) is 5. The molecule has 1 N–H and O–H groups in total. The smallest absolute Gasteiger partial charge is 0.243 e. The monoisotopic (exact) mass is 566 g/mol. The van der Waals surface area contributed by atoms with Crippen molar-refractivity contribution in [3.05, 3.63) is 35.8 Å². The molecule has 1 aliphatic heterocycles. The molecule has 2 aromatic rings. The quantitative estimate of drug-likeness (QED) is 0.339. The van der Waals surface area contributed by atoms with E-state index in [1.807, 2.05) is 13.8 Å². The Morgan fingerprint density at radius 2 is 1.84 bits per heavy atom. The second-order valence-electron chi connectivity index (χ2n) is 9.22. The van der Waals surface area contributed by atoms with Gasteiger partial charge in [0.2, 0.25) is 16.0 Å². The molecule has 1 aliphatic rings. The van der Waals surface area contributed by atoms with Crippen molar-refractivity contribution < 1.29 is 26.3 Å². The molecule has 208 valence electrons. The molecule has 0 aliphatic carbocycles. The molecule has 0 amide bonds. The van der Waals surface area contributed by atoms with E-state index in [0.29, 0.717) is 24.3 Å². The van der Waals surface area contributed by atoms with E-state index < -0.39 is 36.3 Å². The van der Waals surface area contributed by atoms with Crippen LogP contribution in [0.4, 0.5) is 5.95 Å². The third kappa shape index (κ3) is 5.90. The van der Waals surface area contributed by atoms with Crippen LogP contribution < -0.4 is 14.2 Å². The molecular formula is C24H34N6O6S2. The van der Waals surface area contributed by atoms with Gasteiger partial charge in [-0.25, -0.2) is 26.8 Å². The SMILES string of the molecule is C=NC(=NC=C(C)C)[C@@H](C)[C@H](C)S(=O)(=O)Nc1nnc([C@H]2CCCS2(=O)=O)n1-c1c(OC)cccc1OC. The zero-order chi connectivity index (χ0) is 28.3. The molecule has 0 bridgehead atoms. The Kier molecular flexibility index (Phi) is 8.97. The van der Waals surface area contributed by atoms with E-state index in [-0.39, 0.29) is 29.0 Å². The first-order valence-corrected chi connectivity index (χ1v) is 15.2. The average Bonchev–Trinajstić information content (AvgIpc) is 3.43. The number of aliphatic imine (C=N–C) groups is 2. The maximum atomic E-state index is 13.5. The summed E-state index contributed by atoms with van der Waals surface area (Å²) < 4.78 is 67.7. The highest BCUT2D eigenvalue weighted by atomic mass is 32.2. The van der Waals surface area contributed by atoms with Gasteiger partial charge in [-0.15, -0.1) is 10.2 Å². The Balaban J connectivity index is 2.16. The number of hydrogen-bond acceptors (Lipinski definition) is 9. The van der Waals surface area contributed by atoms with E-state index in [1.54, 1.807) is 31.3 Å². The van der Waals surface area contributed by atoms with Crippen LogP contribution in [0.3, 0.4) is 0 Å². The molecular weight excluding hydrogens is 532 g/mol. The number of sulfone groups is 1. The molecule has 3 atom stereocenters. The lowest BCUT2D eigenvalue weighted by atomic mass is 10.1. The van der Waals surface area contributed by atoms with Gasteiger partial charge in [0, 0.05) is 12.1 Å². The van der Waals surface area contributed by atoms with Gasteiger partial charge in [0.05, 0.1) is 25.2 Å². The predicted octanol–water partition coefficient (Wildman–Crippen LogP) is 3.32. The molecule has 38 heavy (non-hydrogen) atoms. The number of amidine groups is 1. The van der Waals surface area contributed by atoms with E-state index >= 15 is 0 Å². The molecule has 14 heteroatoms. The van der Waals surface area contributed by atoms with E-state index in [2.05, 4.69) is 31.6 Å². The van der Waals surface area contributed by atoms with Crippen molar-refractivity contribution in [1.82, 2.24) is 14.8 Å². The third-order valence-corrected chi connectivity index (χ3v) is 10.4. The summed E-state index contributed by atoms with van der Waals surface area (Å²) in [4.78, 5) is 8.18. The molecule has 0 unspecified atom stereocenters.